The standard InChI is InChI=1S/C20H21N5O/c1-14-17(15(2)25-20(23-14)21-13-22-25)10-11-19(26)24-12-6-5-8-16-7-3-4-9-18(16)24/h3-5,7-9,13H,6,10-12H2,1-2H3. The summed E-state index contributed by atoms with van der Waals surface area (Å²) in [7, 11) is 0. The van der Waals surface area contributed by atoms with Gasteiger partial charge in [0.15, 0.2) is 0 Å². The predicted molar refractivity (Wildman–Crippen MR) is 101 cm³/mol. The number of aryl methyl sites for hydroxylation is 2. The minimum absolute atomic E-state index is 0.138. The first-order chi connectivity index (χ1) is 12.6. The molecule has 3 aromatic rings. The Labute approximate surface area is 152 Å². The minimum atomic E-state index is 0.138. The number of hydrogen-bond acceptors (Lipinski definition) is 4. The van der Waals surface area contributed by atoms with Crippen LogP contribution in [-0.2, 0) is 11.2 Å². The molecule has 0 radical (unpaired) electrons. The Hall–Kier alpha value is -3.02. The molecule has 0 aliphatic carbocycles. The van der Waals surface area contributed by atoms with Crippen molar-refractivity contribution in [3.63, 3.8) is 0 Å². The van der Waals surface area contributed by atoms with Crippen LogP contribution < -0.4 is 4.90 Å². The molecule has 0 spiro atoms. The molecule has 1 aliphatic heterocycles. The highest BCUT2D eigenvalue weighted by atomic mass is 16.2. The van der Waals surface area contributed by atoms with Gasteiger partial charge in [0.05, 0.1) is 5.69 Å². The van der Waals surface area contributed by atoms with Crippen molar-refractivity contribution in [3.05, 3.63) is 59.2 Å². The van der Waals surface area contributed by atoms with Crippen molar-refractivity contribution in [2.75, 3.05) is 11.4 Å². The summed E-state index contributed by atoms with van der Waals surface area (Å²) in [6.07, 6.45) is 7.68. The van der Waals surface area contributed by atoms with E-state index in [0.717, 1.165) is 34.6 Å². The Balaban J connectivity index is 1.57. The average Bonchev–Trinajstić information content (AvgIpc) is 2.99. The molecule has 0 saturated carbocycles. The zero-order chi connectivity index (χ0) is 18.1. The van der Waals surface area contributed by atoms with Crippen LogP contribution in [0.3, 0.4) is 0 Å². The molecule has 6 heteroatoms. The minimum Gasteiger partial charge on any atom is -0.312 e. The zero-order valence-corrected chi connectivity index (χ0v) is 15.0. The number of hydrogen-bond donors (Lipinski definition) is 0. The molecule has 0 atom stereocenters. The number of para-hydroxylation sites is 1. The Bertz CT molecular complexity index is 1000. The number of anilines is 1. The third kappa shape index (κ3) is 2.87. The molecule has 1 aliphatic rings. The van der Waals surface area contributed by atoms with Crippen LogP contribution in [0, 0.1) is 13.8 Å². The fraction of sp³-hybridized carbons (Fsp3) is 0.300. The quantitative estimate of drug-likeness (QED) is 0.730. The van der Waals surface area contributed by atoms with Crippen LogP contribution in [0.5, 0.6) is 0 Å². The van der Waals surface area contributed by atoms with Gasteiger partial charge in [-0.3, -0.25) is 4.79 Å². The van der Waals surface area contributed by atoms with Crippen molar-refractivity contribution in [2.24, 2.45) is 0 Å². The van der Waals surface area contributed by atoms with E-state index in [1.807, 2.05) is 43.0 Å². The second-order valence-corrected chi connectivity index (χ2v) is 6.53. The summed E-state index contributed by atoms with van der Waals surface area (Å²) in [6, 6.07) is 8.05. The maximum Gasteiger partial charge on any atom is 0.252 e. The Morgan fingerprint density at radius 1 is 1.23 bits per heavy atom. The maximum absolute atomic E-state index is 13.0. The second-order valence-electron chi connectivity index (χ2n) is 6.53. The Kier molecular flexibility index (Phi) is 4.24. The van der Waals surface area contributed by atoms with Crippen molar-refractivity contribution < 1.29 is 4.79 Å². The number of nitrogens with zero attached hydrogens (tertiary/aromatic N) is 5. The number of fused-ring (bicyclic) bond motifs is 2. The Morgan fingerprint density at radius 2 is 2.08 bits per heavy atom. The van der Waals surface area contributed by atoms with Crippen molar-refractivity contribution in [3.8, 4) is 0 Å². The normalized spacial score (nSPS) is 13.7. The molecular weight excluding hydrogens is 326 g/mol. The van der Waals surface area contributed by atoms with Gasteiger partial charge in [-0.2, -0.15) is 10.1 Å². The number of carbonyl (C=O) groups excluding carboxylic acids is 1. The topological polar surface area (TPSA) is 63.4 Å². The van der Waals surface area contributed by atoms with Gasteiger partial charge in [-0.05, 0) is 43.9 Å². The van der Waals surface area contributed by atoms with Crippen LogP contribution in [0.25, 0.3) is 11.9 Å². The molecule has 3 heterocycles. The highest BCUT2D eigenvalue weighted by Gasteiger charge is 2.20. The molecule has 1 aromatic carbocycles. The van der Waals surface area contributed by atoms with Crippen molar-refractivity contribution in [1.82, 2.24) is 19.6 Å². The van der Waals surface area contributed by atoms with Crippen LogP contribution in [-0.4, -0.2) is 32.0 Å². The lowest BCUT2D eigenvalue weighted by atomic mass is 10.1. The van der Waals surface area contributed by atoms with Crippen LogP contribution in [0.2, 0.25) is 0 Å². The van der Waals surface area contributed by atoms with E-state index in [0.29, 0.717) is 25.2 Å². The number of amides is 1. The monoisotopic (exact) mass is 347 g/mol. The highest BCUT2D eigenvalue weighted by Crippen LogP contribution is 2.26. The average molecular weight is 347 g/mol. The van der Waals surface area contributed by atoms with Gasteiger partial charge in [-0.15, -0.1) is 0 Å². The molecule has 26 heavy (non-hydrogen) atoms. The van der Waals surface area contributed by atoms with E-state index in [4.69, 9.17) is 0 Å². The lowest BCUT2D eigenvalue weighted by Crippen LogP contribution is -2.32. The first-order valence-corrected chi connectivity index (χ1v) is 8.87. The zero-order valence-electron chi connectivity index (χ0n) is 15.0. The molecule has 0 unspecified atom stereocenters. The van der Waals surface area contributed by atoms with E-state index in [9.17, 15) is 4.79 Å². The third-order valence-electron chi connectivity index (χ3n) is 4.92. The number of aromatic nitrogens is 4. The van der Waals surface area contributed by atoms with Crippen molar-refractivity contribution >= 4 is 23.4 Å². The molecular formula is C20H21N5O. The van der Waals surface area contributed by atoms with Gasteiger partial charge in [0.1, 0.15) is 6.33 Å². The summed E-state index contributed by atoms with van der Waals surface area (Å²) in [4.78, 5) is 23.5. The van der Waals surface area contributed by atoms with Crippen LogP contribution >= 0.6 is 0 Å². The molecule has 0 saturated heterocycles. The summed E-state index contributed by atoms with van der Waals surface area (Å²) >= 11 is 0. The summed E-state index contributed by atoms with van der Waals surface area (Å²) in [5.74, 6) is 0.737. The van der Waals surface area contributed by atoms with Gasteiger partial charge >= 0.3 is 0 Å². The predicted octanol–water partition coefficient (Wildman–Crippen LogP) is 3.12. The Morgan fingerprint density at radius 3 is 2.96 bits per heavy atom. The van der Waals surface area contributed by atoms with Gasteiger partial charge in [0.2, 0.25) is 5.91 Å². The lowest BCUT2D eigenvalue weighted by molar-refractivity contribution is -0.118. The van der Waals surface area contributed by atoms with Crippen molar-refractivity contribution in [2.45, 2.75) is 33.1 Å². The largest absolute Gasteiger partial charge is 0.312 e. The first-order valence-electron chi connectivity index (χ1n) is 8.87. The summed E-state index contributed by atoms with van der Waals surface area (Å²) in [6.45, 7) is 4.68. The molecule has 1 amide bonds. The van der Waals surface area contributed by atoms with Crippen LogP contribution in [0.4, 0.5) is 5.69 Å². The van der Waals surface area contributed by atoms with E-state index >= 15 is 0 Å². The summed E-state index contributed by atoms with van der Waals surface area (Å²) < 4.78 is 1.73. The maximum atomic E-state index is 13.0. The molecule has 132 valence electrons. The molecule has 4 rings (SSSR count). The van der Waals surface area contributed by atoms with Gasteiger partial charge in [0, 0.05) is 24.4 Å². The second kappa shape index (κ2) is 6.71. The summed E-state index contributed by atoms with van der Waals surface area (Å²) in [5, 5.41) is 4.22. The first kappa shape index (κ1) is 16.4. The van der Waals surface area contributed by atoms with Gasteiger partial charge in [-0.25, -0.2) is 9.50 Å². The van der Waals surface area contributed by atoms with E-state index in [1.54, 1.807) is 4.52 Å². The fourth-order valence-electron chi connectivity index (χ4n) is 3.55. The van der Waals surface area contributed by atoms with Crippen LogP contribution in [0.15, 0.2) is 36.7 Å². The van der Waals surface area contributed by atoms with Crippen molar-refractivity contribution in [1.29, 1.82) is 0 Å². The third-order valence-corrected chi connectivity index (χ3v) is 4.92. The van der Waals surface area contributed by atoms with Gasteiger partial charge in [0.25, 0.3) is 5.78 Å². The SMILES string of the molecule is Cc1nc2ncnn2c(C)c1CCC(=O)N1CCC=Cc2ccccc21. The van der Waals surface area contributed by atoms with Crippen LogP contribution in [0.1, 0.15) is 35.4 Å². The van der Waals surface area contributed by atoms with E-state index in [1.165, 1.54) is 6.33 Å². The smallest absolute Gasteiger partial charge is 0.252 e. The molecule has 2 aromatic heterocycles. The fourth-order valence-corrected chi connectivity index (χ4v) is 3.55. The van der Waals surface area contributed by atoms with E-state index in [2.05, 4.69) is 27.2 Å². The van der Waals surface area contributed by atoms with E-state index < -0.39 is 0 Å². The molecule has 0 bridgehead atoms. The molecule has 0 N–H and O–H groups in total. The molecule has 0 fully saturated rings. The molecule has 6 nitrogen and oxygen atoms in total. The van der Waals surface area contributed by atoms with Gasteiger partial charge in [-0.1, -0.05) is 30.4 Å². The summed E-state index contributed by atoms with van der Waals surface area (Å²) in [5.41, 5.74) is 5.06. The van der Waals surface area contributed by atoms with Gasteiger partial charge < -0.3 is 4.90 Å². The van der Waals surface area contributed by atoms with E-state index in [-0.39, 0.29) is 5.91 Å². The highest BCUT2D eigenvalue weighted by molar-refractivity contribution is 5.96. The number of carbonyl (C=O) groups is 1. The lowest BCUT2D eigenvalue weighted by Gasteiger charge is -2.23. The number of benzene rings is 1. The number of rotatable bonds is 3.